The van der Waals surface area contributed by atoms with Crippen molar-refractivity contribution in [1.82, 2.24) is 0 Å². The summed E-state index contributed by atoms with van der Waals surface area (Å²) < 4.78 is 0. The Morgan fingerprint density at radius 2 is 1.60 bits per heavy atom. The molecule has 0 aromatic rings. The van der Waals surface area contributed by atoms with Crippen LogP contribution >= 0.6 is 0 Å². The van der Waals surface area contributed by atoms with Gasteiger partial charge in [0.25, 0.3) is 0 Å². The molecule has 0 amide bonds. The second kappa shape index (κ2) is 9.21. The second-order valence-corrected chi connectivity index (χ2v) is 5.34. The molecule has 0 saturated carbocycles. The molecule has 0 aliphatic heterocycles. The maximum Gasteiger partial charge on any atom is 0.0459 e. The number of unbranched alkanes of at least 4 members (excludes halogenated alkanes) is 2. The van der Waals surface area contributed by atoms with Gasteiger partial charge < -0.3 is 5.11 Å². The van der Waals surface area contributed by atoms with Gasteiger partial charge in [-0.05, 0) is 30.6 Å². The van der Waals surface area contributed by atoms with Crippen molar-refractivity contribution in [3.05, 3.63) is 0 Å². The minimum atomic E-state index is 0.383. The van der Waals surface area contributed by atoms with Gasteiger partial charge in [0.05, 0.1) is 0 Å². The Morgan fingerprint density at radius 3 is 2.07 bits per heavy atom. The molecule has 2 unspecified atom stereocenters. The summed E-state index contributed by atoms with van der Waals surface area (Å²) in [5.41, 5.74) is 0. The van der Waals surface area contributed by atoms with Crippen molar-refractivity contribution in [2.24, 2.45) is 17.8 Å². The van der Waals surface area contributed by atoms with E-state index in [0.717, 1.165) is 11.8 Å². The molecule has 0 fully saturated rings. The van der Waals surface area contributed by atoms with Gasteiger partial charge in [0, 0.05) is 6.61 Å². The molecule has 0 aromatic carbocycles. The third-order valence-electron chi connectivity index (χ3n) is 3.64. The van der Waals surface area contributed by atoms with E-state index in [0.29, 0.717) is 12.5 Å². The van der Waals surface area contributed by atoms with Gasteiger partial charge in [-0.15, -0.1) is 0 Å². The molecular weight excluding hydrogens is 184 g/mol. The highest BCUT2D eigenvalue weighted by Crippen LogP contribution is 2.22. The van der Waals surface area contributed by atoms with Gasteiger partial charge in [0.15, 0.2) is 0 Å². The summed E-state index contributed by atoms with van der Waals surface area (Å²) in [5.74, 6) is 2.13. The highest BCUT2D eigenvalue weighted by atomic mass is 16.3. The lowest BCUT2D eigenvalue weighted by molar-refractivity contribution is 0.195. The molecule has 1 nitrogen and oxygen atoms in total. The lowest BCUT2D eigenvalue weighted by Gasteiger charge is -2.19. The molecule has 0 bridgehead atoms. The molecule has 0 aromatic heterocycles. The number of hydrogen-bond donors (Lipinski definition) is 1. The number of aliphatic hydroxyl groups is 1. The van der Waals surface area contributed by atoms with Crippen LogP contribution in [0.5, 0.6) is 0 Å². The van der Waals surface area contributed by atoms with E-state index in [4.69, 9.17) is 0 Å². The molecule has 92 valence electrons. The van der Waals surface area contributed by atoms with E-state index in [-0.39, 0.29) is 0 Å². The lowest BCUT2D eigenvalue weighted by atomic mass is 9.88. The summed E-state index contributed by atoms with van der Waals surface area (Å²) >= 11 is 0. The van der Waals surface area contributed by atoms with E-state index in [2.05, 4.69) is 27.7 Å². The van der Waals surface area contributed by atoms with Gasteiger partial charge in [0.2, 0.25) is 0 Å². The summed E-state index contributed by atoms with van der Waals surface area (Å²) in [6.07, 6.45) is 7.58. The Balaban J connectivity index is 3.60. The third-order valence-corrected chi connectivity index (χ3v) is 3.64. The first kappa shape index (κ1) is 15.0. The molecule has 1 heteroatoms. The van der Waals surface area contributed by atoms with Crippen LogP contribution in [0.4, 0.5) is 0 Å². The predicted molar refractivity (Wildman–Crippen MR) is 68.0 cm³/mol. The first-order valence-corrected chi connectivity index (χ1v) is 6.72. The van der Waals surface area contributed by atoms with Crippen molar-refractivity contribution in [3.8, 4) is 0 Å². The van der Waals surface area contributed by atoms with Gasteiger partial charge in [-0.2, -0.15) is 0 Å². The Bertz CT molecular complexity index is 131. The van der Waals surface area contributed by atoms with Crippen molar-refractivity contribution >= 4 is 0 Å². The van der Waals surface area contributed by atoms with Gasteiger partial charge >= 0.3 is 0 Å². The van der Waals surface area contributed by atoms with Crippen LogP contribution in [-0.2, 0) is 0 Å². The molecule has 15 heavy (non-hydrogen) atoms. The molecule has 0 rings (SSSR count). The molecule has 0 aliphatic rings. The molecule has 0 saturated heterocycles. The van der Waals surface area contributed by atoms with Gasteiger partial charge in [-0.3, -0.25) is 0 Å². The minimum Gasteiger partial charge on any atom is -0.396 e. The topological polar surface area (TPSA) is 20.2 Å². The van der Waals surface area contributed by atoms with Gasteiger partial charge in [-0.1, -0.05) is 53.4 Å². The van der Waals surface area contributed by atoms with Crippen LogP contribution in [-0.4, -0.2) is 11.7 Å². The zero-order chi connectivity index (χ0) is 11.7. The maximum atomic E-state index is 9.28. The van der Waals surface area contributed by atoms with Crippen molar-refractivity contribution < 1.29 is 5.11 Å². The number of aliphatic hydroxyl groups excluding tert-OH is 1. The fourth-order valence-corrected chi connectivity index (χ4v) is 1.84. The smallest absolute Gasteiger partial charge is 0.0459 e. The average molecular weight is 214 g/mol. The number of hydrogen-bond acceptors (Lipinski definition) is 1. The van der Waals surface area contributed by atoms with E-state index in [1.54, 1.807) is 0 Å². The largest absolute Gasteiger partial charge is 0.396 e. The van der Waals surface area contributed by atoms with Crippen LogP contribution in [0.1, 0.15) is 66.2 Å². The Labute approximate surface area is 96.3 Å². The van der Waals surface area contributed by atoms with Crippen LogP contribution in [0.15, 0.2) is 0 Å². The normalized spacial score (nSPS) is 15.6. The number of rotatable bonds is 9. The van der Waals surface area contributed by atoms with Gasteiger partial charge in [0.1, 0.15) is 0 Å². The summed E-state index contributed by atoms with van der Waals surface area (Å²) in [4.78, 5) is 0. The molecular formula is C14H30O. The van der Waals surface area contributed by atoms with E-state index in [1.165, 1.54) is 38.5 Å². The standard InChI is InChI=1S/C14H30O/c1-5-6-7-8-14(11-15)10-9-13(4)12(2)3/h12-15H,5-11H2,1-4H3. The first-order chi connectivity index (χ1) is 7.11. The molecule has 0 heterocycles. The molecule has 0 aliphatic carbocycles. The quantitative estimate of drug-likeness (QED) is 0.569. The molecule has 0 spiro atoms. The van der Waals surface area contributed by atoms with E-state index in [9.17, 15) is 5.11 Å². The highest BCUT2D eigenvalue weighted by molar-refractivity contribution is 4.63. The SMILES string of the molecule is CCCCCC(CO)CCC(C)C(C)C. The molecule has 1 N–H and O–H groups in total. The average Bonchev–Trinajstić information content (AvgIpc) is 2.22. The minimum absolute atomic E-state index is 0.383. The van der Waals surface area contributed by atoms with Crippen LogP contribution in [0.25, 0.3) is 0 Å². The van der Waals surface area contributed by atoms with Crippen molar-refractivity contribution in [2.45, 2.75) is 66.2 Å². The van der Waals surface area contributed by atoms with Crippen LogP contribution in [0.3, 0.4) is 0 Å². The predicted octanol–water partition coefficient (Wildman–Crippen LogP) is 4.25. The van der Waals surface area contributed by atoms with Crippen molar-refractivity contribution in [1.29, 1.82) is 0 Å². The molecule has 0 radical (unpaired) electrons. The molecule has 2 atom stereocenters. The van der Waals surface area contributed by atoms with Crippen molar-refractivity contribution in [2.75, 3.05) is 6.61 Å². The van der Waals surface area contributed by atoms with Gasteiger partial charge in [-0.25, -0.2) is 0 Å². The monoisotopic (exact) mass is 214 g/mol. The first-order valence-electron chi connectivity index (χ1n) is 6.72. The fourth-order valence-electron chi connectivity index (χ4n) is 1.84. The summed E-state index contributed by atoms with van der Waals surface area (Å²) in [7, 11) is 0. The van der Waals surface area contributed by atoms with Crippen LogP contribution in [0, 0.1) is 17.8 Å². The summed E-state index contributed by atoms with van der Waals surface area (Å²) in [6.45, 7) is 9.51. The fraction of sp³-hybridized carbons (Fsp3) is 1.00. The van der Waals surface area contributed by atoms with Crippen LogP contribution in [0.2, 0.25) is 0 Å². The van der Waals surface area contributed by atoms with Crippen LogP contribution < -0.4 is 0 Å². The Morgan fingerprint density at radius 1 is 0.933 bits per heavy atom. The zero-order valence-electron chi connectivity index (χ0n) is 11.1. The van der Waals surface area contributed by atoms with E-state index < -0.39 is 0 Å². The third kappa shape index (κ3) is 7.84. The second-order valence-electron chi connectivity index (χ2n) is 5.34. The van der Waals surface area contributed by atoms with Crippen molar-refractivity contribution in [3.63, 3.8) is 0 Å². The Hall–Kier alpha value is -0.0400. The van der Waals surface area contributed by atoms with E-state index in [1.807, 2.05) is 0 Å². The summed E-state index contributed by atoms with van der Waals surface area (Å²) in [6, 6.07) is 0. The zero-order valence-corrected chi connectivity index (χ0v) is 11.1. The highest BCUT2D eigenvalue weighted by Gasteiger charge is 2.12. The van der Waals surface area contributed by atoms with E-state index >= 15 is 0 Å². The Kier molecular flexibility index (Phi) is 9.18. The lowest BCUT2D eigenvalue weighted by Crippen LogP contribution is -2.11. The summed E-state index contributed by atoms with van der Waals surface area (Å²) in [5, 5.41) is 9.28. The maximum absolute atomic E-state index is 9.28.